The monoisotopic (exact) mass is 332 g/mol. The molecule has 0 aromatic rings. The van der Waals surface area contributed by atoms with Crippen molar-refractivity contribution >= 4 is 0 Å². The molecule has 24 heavy (non-hydrogen) atoms. The minimum absolute atomic E-state index is 0.969. The van der Waals surface area contributed by atoms with Gasteiger partial charge in [-0.1, -0.05) is 115 Å². The maximum Gasteiger partial charge on any atom is -0.0199 e. The quantitative estimate of drug-likeness (QED) is 0.196. The summed E-state index contributed by atoms with van der Waals surface area (Å²) in [5.41, 5.74) is 0. The van der Waals surface area contributed by atoms with Crippen LogP contribution in [0.4, 0.5) is 0 Å². The Hall–Kier alpha value is -0.260. The first-order valence-corrected chi connectivity index (χ1v) is 11.6. The van der Waals surface area contributed by atoms with Crippen LogP contribution in [0.2, 0.25) is 0 Å². The van der Waals surface area contributed by atoms with Gasteiger partial charge in [0.2, 0.25) is 0 Å². The molecule has 1 saturated carbocycles. The van der Waals surface area contributed by atoms with Crippen molar-refractivity contribution in [2.45, 2.75) is 122 Å². The van der Waals surface area contributed by atoms with Gasteiger partial charge >= 0.3 is 0 Å². The summed E-state index contributed by atoms with van der Waals surface area (Å²) < 4.78 is 0. The fraction of sp³-hybridized carbons (Fsp3) is 0.917. The van der Waals surface area contributed by atoms with Crippen LogP contribution in [0.25, 0.3) is 0 Å². The van der Waals surface area contributed by atoms with Crippen LogP contribution >= 0.6 is 0 Å². The third-order valence-corrected chi connectivity index (χ3v) is 6.59. The van der Waals surface area contributed by atoms with Gasteiger partial charge in [0.15, 0.2) is 0 Å². The molecule has 0 aromatic carbocycles. The number of allylic oxidation sites excluding steroid dienone is 2. The lowest BCUT2D eigenvalue weighted by Gasteiger charge is -2.17. The summed E-state index contributed by atoms with van der Waals surface area (Å²) in [6.45, 7) is 2.30. The molecule has 2 bridgehead atoms. The van der Waals surface area contributed by atoms with Gasteiger partial charge in [-0.2, -0.15) is 0 Å². The highest BCUT2D eigenvalue weighted by Crippen LogP contribution is 2.45. The zero-order valence-electron chi connectivity index (χ0n) is 16.6. The van der Waals surface area contributed by atoms with Crippen molar-refractivity contribution in [3.8, 4) is 0 Å². The smallest absolute Gasteiger partial charge is 0.0199 e. The van der Waals surface area contributed by atoms with Crippen LogP contribution in [0, 0.1) is 17.8 Å². The van der Waals surface area contributed by atoms with Crippen LogP contribution in [-0.2, 0) is 0 Å². The van der Waals surface area contributed by atoms with E-state index in [4.69, 9.17) is 0 Å². The Labute approximate surface area is 152 Å². The molecule has 3 unspecified atom stereocenters. The minimum atomic E-state index is 0.969. The maximum atomic E-state index is 2.52. The van der Waals surface area contributed by atoms with Crippen LogP contribution < -0.4 is 0 Å². The van der Waals surface area contributed by atoms with E-state index in [2.05, 4.69) is 19.1 Å². The number of unbranched alkanes of at least 4 members (excludes halogenated alkanes) is 14. The summed E-state index contributed by atoms with van der Waals surface area (Å²) in [5, 5.41) is 0. The highest BCUT2D eigenvalue weighted by molar-refractivity contribution is 5.09. The van der Waals surface area contributed by atoms with Crippen molar-refractivity contribution in [2.24, 2.45) is 17.8 Å². The first-order valence-electron chi connectivity index (χ1n) is 11.6. The lowest BCUT2D eigenvalue weighted by molar-refractivity contribution is 0.393. The molecular formula is C24H44. The Morgan fingerprint density at radius 3 is 1.50 bits per heavy atom. The largest absolute Gasteiger partial charge is 0.0851 e. The fourth-order valence-electron chi connectivity index (χ4n) is 5.00. The number of hydrogen-bond donors (Lipinski definition) is 0. The molecule has 140 valence electrons. The fourth-order valence-corrected chi connectivity index (χ4v) is 5.00. The van der Waals surface area contributed by atoms with Crippen molar-refractivity contribution in [3.63, 3.8) is 0 Å². The van der Waals surface area contributed by atoms with Gasteiger partial charge in [0.1, 0.15) is 0 Å². The summed E-state index contributed by atoms with van der Waals surface area (Å²) in [7, 11) is 0. The number of fused-ring (bicyclic) bond motifs is 2. The number of rotatable bonds is 16. The molecule has 3 atom stereocenters. The Balaban J connectivity index is 1.24. The van der Waals surface area contributed by atoms with E-state index in [1.807, 2.05) is 0 Å². The molecule has 0 aromatic heterocycles. The molecule has 0 amide bonds. The molecule has 2 aliphatic rings. The van der Waals surface area contributed by atoms with Crippen molar-refractivity contribution in [1.82, 2.24) is 0 Å². The Morgan fingerprint density at radius 2 is 1.08 bits per heavy atom. The Kier molecular flexibility index (Phi) is 10.9. The Morgan fingerprint density at radius 1 is 0.583 bits per heavy atom. The van der Waals surface area contributed by atoms with Crippen LogP contribution in [0.3, 0.4) is 0 Å². The Bertz CT molecular complexity index is 316. The van der Waals surface area contributed by atoms with Gasteiger partial charge < -0.3 is 0 Å². The highest BCUT2D eigenvalue weighted by Gasteiger charge is 2.34. The van der Waals surface area contributed by atoms with E-state index in [0.29, 0.717) is 0 Å². The van der Waals surface area contributed by atoms with Crippen molar-refractivity contribution < 1.29 is 0 Å². The van der Waals surface area contributed by atoms with E-state index in [-0.39, 0.29) is 0 Å². The number of hydrogen-bond acceptors (Lipinski definition) is 0. The molecule has 0 nitrogen and oxygen atoms in total. The standard InChI is InChI=1S/C24H44/c1-2-3-4-5-6-7-8-9-10-11-12-13-14-15-16-17-23-20-22-18-19-24(23)21-22/h18-19,22-24H,2-17,20-21H2,1H3. The molecule has 2 rings (SSSR count). The molecule has 0 radical (unpaired) electrons. The van der Waals surface area contributed by atoms with Gasteiger partial charge in [-0.15, -0.1) is 0 Å². The molecule has 0 spiro atoms. The first kappa shape index (κ1) is 20.1. The van der Waals surface area contributed by atoms with Crippen molar-refractivity contribution in [3.05, 3.63) is 12.2 Å². The predicted molar refractivity (Wildman–Crippen MR) is 108 cm³/mol. The summed E-state index contributed by atoms with van der Waals surface area (Å²) >= 11 is 0. The lowest BCUT2D eigenvalue weighted by Crippen LogP contribution is -2.06. The topological polar surface area (TPSA) is 0 Å². The highest BCUT2D eigenvalue weighted by atomic mass is 14.4. The first-order chi connectivity index (χ1) is 11.9. The van der Waals surface area contributed by atoms with Crippen molar-refractivity contribution in [2.75, 3.05) is 0 Å². The van der Waals surface area contributed by atoms with Crippen LogP contribution in [0.15, 0.2) is 12.2 Å². The summed E-state index contributed by atoms with van der Waals surface area (Å²) in [5.74, 6) is 3.00. The summed E-state index contributed by atoms with van der Waals surface area (Å²) in [4.78, 5) is 0. The second kappa shape index (κ2) is 13.0. The van der Waals surface area contributed by atoms with Gasteiger partial charge in [-0.05, 0) is 37.0 Å². The van der Waals surface area contributed by atoms with Gasteiger partial charge in [0, 0.05) is 0 Å². The SMILES string of the molecule is CCCCCCCCCCCCCCCCCC1CC2C=CC1C2. The van der Waals surface area contributed by atoms with E-state index in [0.717, 1.165) is 17.8 Å². The van der Waals surface area contributed by atoms with E-state index in [1.165, 1.54) is 116 Å². The molecule has 0 heteroatoms. The summed E-state index contributed by atoms with van der Waals surface area (Å²) in [6, 6.07) is 0. The molecule has 0 aliphatic heterocycles. The zero-order chi connectivity index (χ0) is 16.9. The van der Waals surface area contributed by atoms with Crippen LogP contribution in [-0.4, -0.2) is 0 Å². The average molecular weight is 333 g/mol. The van der Waals surface area contributed by atoms with Gasteiger partial charge in [-0.25, -0.2) is 0 Å². The zero-order valence-corrected chi connectivity index (χ0v) is 16.6. The van der Waals surface area contributed by atoms with Crippen LogP contribution in [0.5, 0.6) is 0 Å². The molecule has 0 N–H and O–H groups in total. The second-order valence-corrected chi connectivity index (χ2v) is 8.78. The van der Waals surface area contributed by atoms with E-state index in [1.54, 1.807) is 0 Å². The van der Waals surface area contributed by atoms with Gasteiger partial charge in [0.25, 0.3) is 0 Å². The van der Waals surface area contributed by atoms with Crippen molar-refractivity contribution in [1.29, 1.82) is 0 Å². The second-order valence-electron chi connectivity index (χ2n) is 8.78. The lowest BCUT2D eigenvalue weighted by atomic mass is 9.88. The van der Waals surface area contributed by atoms with E-state index in [9.17, 15) is 0 Å². The third kappa shape index (κ3) is 8.21. The predicted octanol–water partition coefficient (Wildman–Crippen LogP) is 8.46. The molecular weight excluding hydrogens is 288 g/mol. The molecule has 1 fully saturated rings. The van der Waals surface area contributed by atoms with Gasteiger partial charge in [0.05, 0.1) is 0 Å². The molecule has 0 saturated heterocycles. The van der Waals surface area contributed by atoms with Crippen LogP contribution in [0.1, 0.15) is 122 Å². The normalized spacial score (nSPS) is 25.0. The maximum absolute atomic E-state index is 2.52. The van der Waals surface area contributed by atoms with E-state index >= 15 is 0 Å². The van der Waals surface area contributed by atoms with Gasteiger partial charge in [-0.3, -0.25) is 0 Å². The third-order valence-electron chi connectivity index (χ3n) is 6.59. The molecule has 2 aliphatic carbocycles. The molecule has 0 heterocycles. The minimum Gasteiger partial charge on any atom is -0.0851 e. The van der Waals surface area contributed by atoms with E-state index < -0.39 is 0 Å². The average Bonchev–Trinajstić information content (AvgIpc) is 3.21. The summed E-state index contributed by atoms with van der Waals surface area (Å²) in [6.07, 6.45) is 31.7.